The van der Waals surface area contributed by atoms with E-state index in [1.807, 2.05) is 0 Å². The summed E-state index contributed by atoms with van der Waals surface area (Å²) in [5.41, 5.74) is 5.58. The average Bonchev–Trinajstić information content (AvgIpc) is 2.55. The molecule has 0 fully saturated rings. The summed E-state index contributed by atoms with van der Waals surface area (Å²) < 4.78 is 24.1. The fourth-order valence-electron chi connectivity index (χ4n) is 1.66. The molecule has 2 N–H and O–H groups in total. The zero-order valence-electron chi connectivity index (χ0n) is 8.54. The molecule has 84 valence electrons. The van der Waals surface area contributed by atoms with Gasteiger partial charge >= 0.3 is 0 Å². The van der Waals surface area contributed by atoms with Gasteiger partial charge in [-0.25, -0.2) is 12.4 Å². The second-order valence-corrected chi connectivity index (χ2v) is 5.31. The van der Waals surface area contributed by atoms with Crippen LogP contribution in [0, 0.1) is 0 Å². The van der Waals surface area contributed by atoms with Crippen molar-refractivity contribution in [2.24, 2.45) is 5.73 Å². The quantitative estimate of drug-likeness (QED) is 0.829. The van der Waals surface area contributed by atoms with Gasteiger partial charge in [-0.2, -0.15) is 0 Å². The molecule has 16 heavy (non-hydrogen) atoms. The average molecular weight is 238 g/mol. The number of aromatic nitrogens is 1. The Kier molecular flexibility index (Phi) is 2.23. The molecule has 1 amide bonds. The van der Waals surface area contributed by atoms with E-state index in [1.165, 1.54) is 6.07 Å². The SMILES string of the molecule is CS(=O)(=O)n1c(C(N)=O)cc2ccccc21. The monoisotopic (exact) mass is 238 g/mol. The fourth-order valence-corrected chi connectivity index (χ4v) is 2.68. The molecule has 0 spiro atoms. The first-order valence-corrected chi connectivity index (χ1v) is 6.37. The predicted octanol–water partition coefficient (Wildman–Crippen LogP) is 0.548. The van der Waals surface area contributed by atoms with E-state index in [2.05, 4.69) is 0 Å². The second-order valence-electron chi connectivity index (χ2n) is 3.48. The number of primary amides is 1. The highest BCUT2D eigenvalue weighted by Crippen LogP contribution is 2.21. The van der Waals surface area contributed by atoms with Crippen LogP contribution in [0.4, 0.5) is 0 Å². The van der Waals surface area contributed by atoms with E-state index in [9.17, 15) is 13.2 Å². The zero-order chi connectivity index (χ0) is 11.9. The van der Waals surface area contributed by atoms with Crippen LogP contribution in [0.1, 0.15) is 10.5 Å². The minimum atomic E-state index is -3.55. The Labute approximate surface area is 92.5 Å². The van der Waals surface area contributed by atoms with Gasteiger partial charge in [-0.3, -0.25) is 4.79 Å². The third-order valence-electron chi connectivity index (χ3n) is 2.25. The van der Waals surface area contributed by atoms with Crippen LogP contribution >= 0.6 is 0 Å². The Bertz CT molecular complexity index is 670. The van der Waals surface area contributed by atoms with Crippen molar-refractivity contribution in [1.82, 2.24) is 3.97 Å². The molecule has 5 nitrogen and oxygen atoms in total. The van der Waals surface area contributed by atoms with Crippen LogP contribution in [0.3, 0.4) is 0 Å². The fraction of sp³-hybridized carbons (Fsp3) is 0.100. The van der Waals surface area contributed by atoms with Gasteiger partial charge in [0.1, 0.15) is 5.69 Å². The molecule has 0 atom stereocenters. The molecule has 0 radical (unpaired) electrons. The number of hydrogen-bond donors (Lipinski definition) is 1. The third kappa shape index (κ3) is 1.57. The first-order valence-electron chi connectivity index (χ1n) is 4.52. The number of benzene rings is 1. The normalized spacial score (nSPS) is 11.8. The molecule has 0 aliphatic rings. The summed E-state index contributed by atoms with van der Waals surface area (Å²) in [6, 6.07) is 8.29. The van der Waals surface area contributed by atoms with Crippen LogP contribution in [0.15, 0.2) is 30.3 Å². The van der Waals surface area contributed by atoms with Crippen molar-refractivity contribution in [3.63, 3.8) is 0 Å². The maximum absolute atomic E-state index is 11.6. The Morgan fingerprint density at radius 3 is 2.50 bits per heavy atom. The van der Waals surface area contributed by atoms with Gasteiger partial charge in [0.05, 0.1) is 11.8 Å². The van der Waals surface area contributed by atoms with Crippen molar-refractivity contribution in [1.29, 1.82) is 0 Å². The Hall–Kier alpha value is -1.82. The maximum Gasteiger partial charge on any atom is 0.266 e. The Morgan fingerprint density at radius 1 is 1.31 bits per heavy atom. The molecule has 2 aromatic rings. The molecule has 0 aliphatic heterocycles. The molecule has 1 heterocycles. The van der Waals surface area contributed by atoms with Crippen LogP contribution in [0.2, 0.25) is 0 Å². The summed E-state index contributed by atoms with van der Waals surface area (Å²) in [4.78, 5) is 11.2. The summed E-state index contributed by atoms with van der Waals surface area (Å²) in [5.74, 6) is -0.762. The van der Waals surface area contributed by atoms with Crippen LogP contribution in [-0.4, -0.2) is 24.6 Å². The van der Waals surface area contributed by atoms with Crippen molar-refractivity contribution in [3.05, 3.63) is 36.0 Å². The lowest BCUT2D eigenvalue weighted by atomic mass is 10.2. The lowest BCUT2D eigenvalue weighted by Crippen LogP contribution is -2.21. The molecular weight excluding hydrogens is 228 g/mol. The van der Waals surface area contributed by atoms with E-state index in [0.29, 0.717) is 10.9 Å². The molecule has 0 unspecified atom stereocenters. The predicted molar refractivity (Wildman–Crippen MR) is 60.7 cm³/mol. The van der Waals surface area contributed by atoms with Crippen molar-refractivity contribution >= 4 is 26.8 Å². The molecule has 0 bridgehead atoms. The van der Waals surface area contributed by atoms with Gasteiger partial charge in [-0.05, 0) is 12.1 Å². The lowest BCUT2D eigenvalue weighted by molar-refractivity contribution is 0.0995. The second kappa shape index (κ2) is 3.34. The number of hydrogen-bond acceptors (Lipinski definition) is 3. The third-order valence-corrected chi connectivity index (χ3v) is 3.31. The highest BCUT2D eigenvalue weighted by Gasteiger charge is 2.19. The molecule has 1 aromatic heterocycles. The largest absolute Gasteiger partial charge is 0.364 e. The number of nitrogens with two attached hydrogens (primary N) is 1. The molecule has 0 aliphatic carbocycles. The topological polar surface area (TPSA) is 82.2 Å². The van der Waals surface area contributed by atoms with Gasteiger partial charge < -0.3 is 5.73 Å². The van der Waals surface area contributed by atoms with Crippen molar-refractivity contribution in [3.8, 4) is 0 Å². The Morgan fingerprint density at radius 2 is 1.94 bits per heavy atom. The first kappa shape index (κ1) is 10.7. The molecule has 6 heteroatoms. The van der Waals surface area contributed by atoms with E-state index < -0.39 is 15.9 Å². The first-order chi connectivity index (χ1) is 7.41. The van der Waals surface area contributed by atoms with Gasteiger partial charge in [0, 0.05) is 5.39 Å². The molecule has 0 saturated carbocycles. The van der Waals surface area contributed by atoms with Crippen LogP contribution in [0.5, 0.6) is 0 Å². The minimum absolute atomic E-state index is 0.0244. The van der Waals surface area contributed by atoms with Crippen molar-refractivity contribution in [2.45, 2.75) is 0 Å². The Balaban J connectivity index is 2.97. The van der Waals surface area contributed by atoms with E-state index >= 15 is 0 Å². The van der Waals surface area contributed by atoms with E-state index in [1.54, 1.807) is 24.3 Å². The number of carbonyl (C=O) groups excluding carboxylic acids is 1. The summed E-state index contributed by atoms with van der Waals surface area (Å²) in [5, 5.41) is 0.668. The van der Waals surface area contributed by atoms with Crippen molar-refractivity contribution < 1.29 is 13.2 Å². The molecule has 1 aromatic carbocycles. The molecule has 2 rings (SSSR count). The van der Waals surface area contributed by atoms with Gasteiger partial charge in [-0.15, -0.1) is 0 Å². The zero-order valence-corrected chi connectivity index (χ0v) is 9.36. The summed E-state index contributed by atoms with van der Waals surface area (Å²) >= 11 is 0. The maximum atomic E-state index is 11.6. The van der Waals surface area contributed by atoms with Gasteiger partial charge in [0.15, 0.2) is 0 Å². The van der Waals surface area contributed by atoms with E-state index in [-0.39, 0.29) is 5.69 Å². The smallest absolute Gasteiger partial charge is 0.266 e. The van der Waals surface area contributed by atoms with E-state index in [0.717, 1.165) is 10.2 Å². The summed E-state index contributed by atoms with van der Waals surface area (Å²) in [6.07, 6.45) is 1.03. The minimum Gasteiger partial charge on any atom is -0.364 e. The van der Waals surface area contributed by atoms with Crippen LogP contribution in [0.25, 0.3) is 10.9 Å². The number of nitrogens with zero attached hydrogens (tertiary/aromatic N) is 1. The van der Waals surface area contributed by atoms with Crippen LogP contribution in [-0.2, 0) is 10.0 Å². The number of carbonyl (C=O) groups is 1. The standard InChI is InChI=1S/C10H10N2O3S/c1-16(14,15)12-8-5-3-2-4-7(8)6-9(12)10(11)13/h2-6H,1H3,(H2,11,13). The summed E-state index contributed by atoms with van der Waals surface area (Å²) in [7, 11) is -3.55. The number of para-hydroxylation sites is 1. The molecule has 0 saturated heterocycles. The molecular formula is C10H10N2O3S. The van der Waals surface area contributed by atoms with Crippen molar-refractivity contribution in [2.75, 3.05) is 6.26 Å². The lowest BCUT2D eigenvalue weighted by Gasteiger charge is -2.04. The summed E-state index contributed by atoms with van der Waals surface area (Å²) in [6.45, 7) is 0. The van der Waals surface area contributed by atoms with Crippen LogP contribution < -0.4 is 5.73 Å². The number of amides is 1. The van der Waals surface area contributed by atoms with Gasteiger partial charge in [0.25, 0.3) is 5.91 Å². The number of fused-ring (bicyclic) bond motifs is 1. The number of rotatable bonds is 2. The van der Waals surface area contributed by atoms with E-state index in [4.69, 9.17) is 5.73 Å². The highest BCUT2D eigenvalue weighted by atomic mass is 32.2. The highest BCUT2D eigenvalue weighted by molar-refractivity contribution is 7.89. The van der Waals surface area contributed by atoms with Gasteiger partial charge in [-0.1, -0.05) is 18.2 Å². The van der Waals surface area contributed by atoms with Gasteiger partial charge in [0.2, 0.25) is 10.0 Å².